The normalized spacial score (nSPS) is 19.9. The van der Waals surface area contributed by atoms with E-state index >= 15 is 0 Å². The molecule has 0 aromatic heterocycles. The number of nitrogens with two attached hydrogens (primary N) is 1. The summed E-state index contributed by atoms with van der Waals surface area (Å²) >= 11 is 0. The molecule has 7 nitrogen and oxygen atoms in total. The van der Waals surface area contributed by atoms with Crippen LogP contribution in [0.25, 0.3) is 0 Å². The van der Waals surface area contributed by atoms with Crippen LogP contribution in [0.4, 0.5) is 4.79 Å². The number of piperazine rings is 1. The summed E-state index contributed by atoms with van der Waals surface area (Å²) in [7, 11) is 0. The summed E-state index contributed by atoms with van der Waals surface area (Å²) < 4.78 is 10.9. The van der Waals surface area contributed by atoms with Gasteiger partial charge in [0.05, 0.1) is 13.2 Å². The van der Waals surface area contributed by atoms with Gasteiger partial charge in [-0.05, 0) is 39.5 Å². The van der Waals surface area contributed by atoms with Crippen LogP contribution in [0.2, 0.25) is 0 Å². The Kier molecular flexibility index (Phi) is 6.10. The van der Waals surface area contributed by atoms with Crippen LogP contribution in [0.1, 0.15) is 33.6 Å². The van der Waals surface area contributed by atoms with Crippen LogP contribution in [-0.2, 0) is 9.47 Å². The minimum absolute atomic E-state index is 0.263. The molecule has 0 aromatic rings. The number of hydrogen-bond donors (Lipinski definition) is 1. The van der Waals surface area contributed by atoms with Crippen LogP contribution in [0, 0.1) is 5.92 Å². The molecule has 1 aliphatic carbocycles. The summed E-state index contributed by atoms with van der Waals surface area (Å²) in [5, 5.41) is 0. The first-order valence-corrected chi connectivity index (χ1v) is 8.46. The topological polar surface area (TPSA) is 80.4 Å². The van der Waals surface area contributed by atoms with Gasteiger partial charge in [-0.1, -0.05) is 0 Å². The number of rotatable bonds is 5. The monoisotopic (exact) mass is 326 g/mol. The zero-order chi connectivity index (χ0) is 16.9. The van der Waals surface area contributed by atoms with Crippen LogP contribution in [0.5, 0.6) is 0 Å². The highest BCUT2D eigenvalue weighted by Crippen LogP contribution is 2.28. The van der Waals surface area contributed by atoms with E-state index in [4.69, 9.17) is 15.2 Å². The second-order valence-corrected chi connectivity index (χ2v) is 7.21. The molecule has 0 spiro atoms. The number of hydrogen-bond acceptors (Lipinski definition) is 4. The first-order valence-electron chi connectivity index (χ1n) is 8.46. The zero-order valence-corrected chi connectivity index (χ0v) is 14.6. The lowest BCUT2D eigenvalue weighted by molar-refractivity contribution is 0.0186. The fraction of sp³-hybridized carbons (Fsp3) is 0.875. The van der Waals surface area contributed by atoms with E-state index in [9.17, 15) is 4.79 Å². The molecule has 2 fully saturated rings. The lowest BCUT2D eigenvalue weighted by Crippen LogP contribution is -2.53. The number of ether oxygens (including phenoxy) is 2. The van der Waals surface area contributed by atoms with Crippen molar-refractivity contribution in [3.63, 3.8) is 0 Å². The van der Waals surface area contributed by atoms with E-state index in [1.807, 2.05) is 25.7 Å². The smallest absolute Gasteiger partial charge is 0.410 e. The molecule has 1 aliphatic heterocycles. The van der Waals surface area contributed by atoms with Gasteiger partial charge < -0.3 is 25.0 Å². The number of carbonyl (C=O) groups excluding carboxylic acids is 1. The van der Waals surface area contributed by atoms with Crippen LogP contribution in [0.15, 0.2) is 4.99 Å². The number of carbonyl (C=O) groups is 1. The Morgan fingerprint density at radius 3 is 2.35 bits per heavy atom. The Labute approximate surface area is 138 Å². The predicted molar refractivity (Wildman–Crippen MR) is 89.4 cm³/mol. The van der Waals surface area contributed by atoms with Gasteiger partial charge in [-0.15, -0.1) is 0 Å². The summed E-state index contributed by atoms with van der Waals surface area (Å²) in [6.07, 6.45) is 2.34. The summed E-state index contributed by atoms with van der Waals surface area (Å²) in [5.41, 5.74) is 5.55. The number of guanidine groups is 1. The molecule has 1 saturated carbocycles. The molecular formula is C16H30N4O3. The molecule has 132 valence electrons. The second kappa shape index (κ2) is 7.86. The Bertz CT molecular complexity index is 422. The van der Waals surface area contributed by atoms with E-state index in [0.29, 0.717) is 45.3 Å². The molecule has 23 heavy (non-hydrogen) atoms. The van der Waals surface area contributed by atoms with Gasteiger partial charge in [-0.25, -0.2) is 4.79 Å². The highest BCUT2D eigenvalue weighted by Gasteiger charge is 2.26. The van der Waals surface area contributed by atoms with Gasteiger partial charge in [0, 0.05) is 32.8 Å². The van der Waals surface area contributed by atoms with Crippen molar-refractivity contribution in [3.8, 4) is 0 Å². The predicted octanol–water partition coefficient (Wildman–Crippen LogP) is 1.28. The number of aliphatic imine (C=N–C) groups is 1. The zero-order valence-electron chi connectivity index (χ0n) is 14.6. The summed E-state index contributed by atoms with van der Waals surface area (Å²) in [5.74, 6) is 1.31. The van der Waals surface area contributed by atoms with Crippen LogP contribution < -0.4 is 5.73 Å². The largest absolute Gasteiger partial charge is 0.444 e. The van der Waals surface area contributed by atoms with Gasteiger partial charge in [0.2, 0.25) is 0 Å². The van der Waals surface area contributed by atoms with Crippen molar-refractivity contribution < 1.29 is 14.3 Å². The maximum Gasteiger partial charge on any atom is 0.410 e. The molecule has 0 atom stereocenters. The Morgan fingerprint density at radius 2 is 1.78 bits per heavy atom. The van der Waals surface area contributed by atoms with E-state index in [1.54, 1.807) is 4.90 Å². The quantitative estimate of drug-likeness (QED) is 0.468. The molecule has 2 rings (SSSR count). The molecule has 0 radical (unpaired) electrons. The van der Waals surface area contributed by atoms with E-state index < -0.39 is 5.60 Å². The SMILES string of the molecule is CC(C)(C)OC(=O)N1CCN(C(N)=NCCOCC2CC2)CC1. The van der Waals surface area contributed by atoms with Gasteiger partial charge in [0.1, 0.15) is 5.60 Å². The van der Waals surface area contributed by atoms with Crippen molar-refractivity contribution >= 4 is 12.1 Å². The fourth-order valence-electron chi connectivity index (χ4n) is 2.30. The third kappa shape index (κ3) is 6.64. The van der Waals surface area contributed by atoms with Crippen LogP contribution in [-0.4, -0.2) is 73.4 Å². The van der Waals surface area contributed by atoms with Crippen molar-refractivity contribution in [1.82, 2.24) is 9.80 Å². The average Bonchev–Trinajstić information content (AvgIpc) is 3.29. The van der Waals surface area contributed by atoms with Gasteiger partial charge in [-0.3, -0.25) is 4.99 Å². The minimum atomic E-state index is -0.463. The Hall–Kier alpha value is -1.50. The summed E-state index contributed by atoms with van der Waals surface area (Å²) in [6, 6.07) is 0. The molecule has 0 unspecified atom stereocenters. The van der Waals surface area contributed by atoms with E-state index in [1.165, 1.54) is 12.8 Å². The van der Waals surface area contributed by atoms with Crippen molar-refractivity contribution in [2.75, 3.05) is 45.9 Å². The molecule has 2 N–H and O–H groups in total. The standard InChI is InChI=1S/C16H30N4O3/c1-16(2,3)23-15(21)20-9-7-19(8-10-20)14(17)18-6-11-22-12-13-4-5-13/h13H,4-12H2,1-3H3,(H2,17,18). The van der Waals surface area contributed by atoms with Gasteiger partial charge in [-0.2, -0.15) is 0 Å². The van der Waals surface area contributed by atoms with E-state index in [2.05, 4.69) is 4.99 Å². The lowest BCUT2D eigenvalue weighted by Gasteiger charge is -2.36. The summed E-state index contributed by atoms with van der Waals surface area (Å²) in [6.45, 7) is 10.2. The molecular weight excluding hydrogens is 296 g/mol. The van der Waals surface area contributed by atoms with Gasteiger partial charge in [0.25, 0.3) is 0 Å². The maximum atomic E-state index is 12.0. The average molecular weight is 326 g/mol. The van der Waals surface area contributed by atoms with Crippen molar-refractivity contribution in [2.45, 2.75) is 39.2 Å². The van der Waals surface area contributed by atoms with E-state index in [-0.39, 0.29) is 6.09 Å². The van der Waals surface area contributed by atoms with Crippen molar-refractivity contribution in [1.29, 1.82) is 0 Å². The molecule has 2 aliphatic rings. The second-order valence-electron chi connectivity index (χ2n) is 7.21. The first-order chi connectivity index (χ1) is 10.8. The Balaban J connectivity index is 1.65. The molecule has 0 bridgehead atoms. The minimum Gasteiger partial charge on any atom is -0.444 e. The number of amides is 1. The highest BCUT2D eigenvalue weighted by molar-refractivity contribution is 5.78. The number of nitrogens with zero attached hydrogens (tertiary/aromatic N) is 3. The van der Waals surface area contributed by atoms with Gasteiger partial charge in [0.15, 0.2) is 5.96 Å². The Morgan fingerprint density at radius 1 is 1.17 bits per heavy atom. The molecule has 1 amide bonds. The third-order valence-corrected chi connectivity index (χ3v) is 3.82. The third-order valence-electron chi connectivity index (χ3n) is 3.82. The highest BCUT2D eigenvalue weighted by atomic mass is 16.6. The molecule has 0 aromatic carbocycles. The maximum absolute atomic E-state index is 12.0. The van der Waals surface area contributed by atoms with Crippen LogP contribution in [0.3, 0.4) is 0 Å². The summed E-state index contributed by atoms with van der Waals surface area (Å²) in [4.78, 5) is 20.1. The fourth-order valence-corrected chi connectivity index (χ4v) is 2.30. The van der Waals surface area contributed by atoms with Crippen molar-refractivity contribution in [2.24, 2.45) is 16.6 Å². The van der Waals surface area contributed by atoms with Crippen LogP contribution >= 0.6 is 0 Å². The molecule has 7 heteroatoms. The first kappa shape index (κ1) is 17.8. The van der Waals surface area contributed by atoms with Gasteiger partial charge >= 0.3 is 6.09 Å². The molecule has 1 saturated heterocycles. The lowest BCUT2D eigenvalue weighted by atomic mass is 10.2. The van der Waals surface area contributed by atoms with Crippen molar-refractivity contribution in [3.05, 3.63) is 0 Å². The van der Waals surface area contributed by atoms with E-state index in [0.717, 1.165) is 12.5 Å². The molecule has 1 heterocycles.